The van der Waals surface area contributed by atoms with Gasteiger partial charge in [0.1, 0.15) is 0 Å². The maximum Gasteiger partial charge on any atom is 0.419 e. The first kappa shape index (κ1) is 11.5. The molecule has 1 saturated carbocycles. The number of hydrogen-bond donors (Lipinski definition) is 1. The van der Waals surface area contributed by atoms with Gasteiger partial charge in [-0.25, -0.2) is 4.79 Å². The van der Waals surface area contributed by atoms with Crippen LogP contribution in [0.4, 0.5) is 0 Å². The Bertz CT molecular complexity index is 595. The monoisotopic (exact) mass is 246 g/mol. The third-order valence-electron chi connectivity index (χ3n) is 3.70. The van der Waals surface area contributed by atoms with Gasteiger partial charge in [0.2, 0.25) is 0 Å². The molecule has 1 unspecified atom stereocenters. The third-order valence-corrected chi connectivity index (χ3v) is 3.70. The molecule has 4 nitrogen and oxygen atoms in total. The molecule has 1 aliphatic carbocycles. The van der Waals surface area contributed by atoms with Gasteiger partial charge < -0.3 is 9.73 Å². The molecule has 18 heavy (non-hydrogen) atoms. The van der Waals surface area contributed by atoms with Crippen molar-refractivity contribution in [2.24, 2.45) is 5.92 Å². The molecule has 1 aliphatic rings. The first-order valence-electron chi connectivity index (χ1n) is 6.57. The highest BCUT2D eigenvalue weighted by Gasteiger charge is 2.27. The summed E-state index contributed by atoms with van der Waals surface area (Å²) in [6.07, 6.45) is 2.67. The van der Waals surface area contributed by atoms with Crippen molar-refractivity contribution in [3.05, 3.63) is 34.8 Å². The molecular weight excluding hydrogens is 228 g/mol. The van der Waals surface area contributed by atoms with Gasteiger partial charge in [-0.2, -0.15) is 0 Å². The zero-order valence-electron chi connectivity index (χ0n) is 10.6. The van der Waals surface area contributed by atoms with Crippen LogP contribution < -0.4 is 11.1 Å². The molecule has 1 fully saturated rings. The van der Waals surface area contributed by atoms with Crippen molar-refractivity contribution in [1.29, 1.82) is 0 Å². The summed E-state index contributed by atoms with van der Waals surface area (Å²) in [5.74, 6) is 0.569. The second kappa shape index (κ2) is 4.61. The topological polar surface area (TPSA) is 47.2 Å². The summed E-state index contributed by atoms with van der Waals surface area (Å²) in [6, 6.07) is 8.11. The quantitative estimate of drug-likeness (QED) is 0.877. The summed E-state index contributed by atoms with van der Waals surface area (Å²) in [7, 11) is 0. The number of fused-ring (bicyclic) bond motifs is 1. The minimum Gasteiger partial charge on any atom is -0.408 e. The first-order chi connectivity index (χ1) is 8.75. The van der Waals surface area contributed by atoms with E-state index in [1.165, 1.54) is 12.8 Å². The fraction of sp³-hybridized carbons (Fsp3) is 0.500. The standard InChI is InChI=1S/C14H18N2O2/c1-10(11-6-7-11)15-8-9-16-12-4-2-3-5-13(12)18-14(16)17/h2-5,10-11,15H,6-9H2,1H3. The van der Waals surface area contributed by atoms with Crippen LogP contribution in [0.2, 0.25) is 0 Å². The van der Waals surface area contributed by atoms with Crippen LogP contribution in [0.5, 0.6) is 0 Å². The van der Waals surface area contributed by atoms with E-state index in [0.717, 1.165) is 18.0 Å². The normalized spacial score (nSPS) is 17.2. The van der Waals surface area contributed by atoms with E-state index < -0.39 is 0 Å². The fourth-order valence-corrected chi connectivity index (χ4v) is 2.39. The van der Waals surface area contributed by atoms with E-state index in [-0.39, 0.29) is 5.76 Å². The van der Waals surface area contributed by atoms with Crippen molar-refractivity contribution in [1.82, 2.24) is 9.88 Å². The van der Waals surface area contributed by atoms with Crippen molar-refractivity contribution >= 4 is 11.1 Å². The third kappa shape index (κ3) is 2.20. The predicted molar refractivity (Wildman–Crippen MR) is 70.7 cm³/mol. The van der Waals surface area contributed by atoms with Gasteiger partial charge in [-0.05, 0) is 37.8 Å². The van der Waals surface area contributed by atoms with Crippen molar-refractivity contribution in [3.63, 3.8) is 0 Å². The van der Waals surface area contributed by atoms with Crippen molar-refractivity contribution < 1.29 is 4.42 Å². The molecule has 96 valence electrons. The lowest BCUT2D eigenvalue weighted by molar-refractivity contribution is 0.454. The SMILES string of the molecule is CC(NCCn1c(=O)oc2ccccc21)C1CC1. The number of rotatable bonds is 5. The smallest absolute Gasteiger partial charge is 0.408 e. The fourth-order valence-electron chi connectivity index (χ4n) is 2.39. The molecule has 0 radical (unpaired) electrons. The highest BCUT2D eigenvalue weighted by molar-refractivity contribution is 5.72. The second-order valence-corrected chi connectivity index (χ2v) is 5.07. The molecule has 1 aromatic heterocycles. The average Bonchev–Trinajstić information content (AvgIpc) is 3.15. The summed E-state index contributed by atoms with van der Waals surface area (Å²) in [5.41, 5.74) is 1.54. The molecule has 0 spiro atoms. The Morgan fingerprint density at radius 2 is 2.22 bits per heavy atom. The lowest BCUT2D eigenvalue weighted by Crippen LogP contribution is -2.32. The van der Waals surface area contributed by atoms with Gasteiger partial charge in [0.15, 0.2) is 5.58 Å². The van der Waals surface area contributed by atoms with Crippen LogP contribution in [-0.4, -0.2) is 17.2 Å². The highest BCUT2D eigenvalue weighted by Crippen LogP contribution is 2.32. The summed E-state index contributed by atoms with van der Waals surface area (Å²) in [4.78, 5) is 11.7. The second-order valence-electron chi connectivity index (χ2n) is 5.07. The van der Waals surface area contributed by atoms with E-state index in [1.54, 1.807) is 4.57 Å². The summed E-state index contributed by atoms with van der Waals surface area (Å²) in [6.45, 7) is 3.68. The average molecular weight is 246 g/mol. The summed E-state index contributed by atoms with van der Waals surface area (Å²) in [5, 5.41) is 3.47. The molecule has 1 N–H and O–H groups in total. The van der Waals surface area contributed by atoms with Crippen molar-refractivity contribution in [2.45, 2.75) is 32.4 Å². The first-order valence-corrected chi connectivity index (χ1v) is 6.57. The van der Waals surface area contributed by atoms with Crippen molar-refractivity contribution in [2.75, 3.05) is 6.54 Å². The van der Waals surface area contributed by atoms with Gasteiger partial charge in [0.05, 0.1) is 5.52 Å². The Balaban J connectivity index is 1.70. The van der Waals surface area contributed by atoms with Crippen LogP contribution in [0.25, 0.3) is 11.1 Å². The molecule has 1 aromatic carbocycles. The van der Waals surface area contributed by atoms with Gasteiger partial charge in [-0.3, -0.25) is 4.57 Å². The number of hydrogen-bond acceptors (Lipinski definition) is 3. The summed E-state index contributed by atoms with van der Waals surface area (Å²) < 4.78 is 6.89. The van der Waals surface area contributed by atoms with E-state index in [2.05, 4.69) is 12.2 Å². The lowest BCUT2D eigenvalue weighted by atomic mass is 10.2. The number of nitrogens with one attached hydrogen (secondary N) is 1. The Morgan fingerprint density at radius 1 is 1.44 bits per heavy atom. The van der Waals surface area contributed by atoms with Crippen LogP contribution in [0.1, 0.15) is 19.8 Å². The van der Waals surface area contributed by atoms with Crippen LogP contribution in [0, 0.1) is 5.92 Å². The Kier molecular flexibility index (Phi) is 2.96. The molecule has 0 bridgehead atoms. The Hall–Kier alpha value is -1.55. The molecule has 1 heterocycles. The molecule has 4 heteroatoms. The molecule has 2 aromatic rings. The zero-order chi connectivity index (χ0) is 12.5. The Labute approximate surface area is 106 Å². The van der Waals surface area contributed by atoms with Crippen molar-refractivity contribution in [3.8, 4) is 0 Å². The minimum absolute atomic E-state index is 0.267. The largest absolute Gasteiger partial charge is 0.419 e. The number of nitrogens with zero attached hydrogens (tertiary/aromatic N) is 1. The molecular formula is C14H18N2O2. The molecule has 1 atom stereocenters. The van der Waals surface area contributed by atoms with E-state index in [0.29, 0.717) is 18.2 Å². The van der Waals surface area contributed by atoms with Gasteiger partial charge in [0.25, 0.3) is 0 Å². The van der Waals surface area contributed by atoms with Crippen LogP contribution >= 0.6 is 0 Å². The van der Waals surface area contributed by atoms with E-state index >= 15 is 0 Å². The maximum absolute atomic E-state index is 11.7. The number of benzene rings is 1. The maximum atomic E-state index is 11.7. The molecule has 3 rings (SSSR count). The van der Waals surface area contributed by atoms with Gasteiger partial charge in [0, 0.05) is 19.1 Å². The molecule has 0 saturated heterocycles. The van der Waals surface area contributed by atoms with Crippen LogP contribution in [0.3, 0.4) is 0 Å². The highest BCUT2D eigenvalue weighted by atomic mass is 16.4. The van der Waals surface area contributed by atoms with E-state index in [4.69, 9.17) is 4.42 Å². The molecule has 0 aliphatic heterocycles. The Morgan fingerprint density at radius 3 is 3.00 bits per heavy atom. The van der Waals surface area contributed by atoms with Gasteiger partial charge >= 0.3 is 5.76 Å². The van der Waals surface area contributed by atoms with Gasteiger partial charge in [-0.1, -0.05) is 12.1 Å². The predicted octanol–water partition coefficient (Wildman–Crippen LogP) is 1.98. The van der Waals surface area contributed by atoms with Gasteiger partial charge in [-0.15, -0.1) is 0 Å². The minimum atomic E-state index is -0.267. The molecule has 0 amide bonds. The number of aromatic nitrogens is 1. The zero-order valence-corrected chi connectivity index (χ0v) is 10.6. The van der Waals surface area contributed by atoms with Crippen LogP contribution in [0.15, 0.2) is 33.5 Å². The summed E-state index contributed by atoms with van der Waals surface area (Å²) >= 11 is 0. The van der Waals surface area contributed by atoms with Crippen LogP contribution in [-0.2, 0) is 6.54 Å². The lowest BCUT2D eigenvalue weighted by Gasteiger charge is -2.12. The van der Waals surface area contributed by atoms with E-state index in [9.17, 15) is 4.79 Å². The van der Waals surface area contributed by atoms with E-state index in [1.807, 2.05) is 24.3 Å². The number of para-hydroxylation sites is 2. The number of oxazole rings is 1.